The third-order valence-corrected chi connectivity index (χ3v) is 3.30. The third-order valence-electron chi connectivity index (χ3n) is 3.30. The maximum absolute atomic E-state index is 12.1. The van der Waals surface area contributed by atoms with Crippen molar-refractivity contribution in [3.8, 4) is 28.8 Å². The molecule has 0 unspecified atom stereocenters. The minimum absolute atomic E-state index is 0.0572. The van der Waals surface area contributed by atoms with Gasteiger partial charge in [-0.25, -0.2) is 4.68 Å². The van der Waals surface area contributed by atoms with Crippen LogP contribution >= 0.6 is 0 Å². The minimum atomic E-state index is -0.228. The lowest BCUT2D eigenvalue weighted by Crippen LogP contribution is -2.25. The number of aryl methyl sites for hydroxylation is 1. The van der Waals surface area contributed by atoms with Crippen LogP contribution in [-0.4, -0.2) is 24.0 Å². The number of aromatic nitrogens is 2. The fraction of sp³-hybridized carbons (Fsp3) is 0.312. The standard InChI is InChI=1S/C16H17N3O3/c1-4-19-16(20)12(7-8-17)9-13(18-19)11-5-6-14(21-2)15(10-11)22-3/h5-6,9-10H,4,7H2,1-3H3. The van der Waals surface area contributed by atoms with Gasteiger partial charge < -0.3 is 9.47 Å². The molecule has 0 saturated heterocycles. The topological polar surface area (TPSA) is 77.1 Å². The van der Waals surface area contributed by atoms with E-state index in [4.69, 9.17) is 14.7 Å². The van der Waals surface area contributed by atoms with Gasteiger partial charge in [-0.15, -0.1) is 0 Å². The number of nitriles is 1. The van der Waals surface area contributed by atoms with Crippen molar-refractivity contribution in [2.24, 2.45) is 0 Å². The van der Waals surface area contributed by atoms with E-state index in [9.17, 15) is 4.79 Å². The maximum atomic E-state index is 12.1. The Hall–Kier alpha value is -2.81. The van der Waals surface area contributed by atoms with Crippen LogP contribution in [0.4, 0.5) is 0 Å². The zero-order valence-electron chi connectivity index (χ0n) is 12.8. The van der Waals surface area contributed by atoms with Gasteiger partial charge in [0.15, 0.2) is 11.5 Å². The van der Waals surface area contributed by atoms with E-state index < -0.39 is 0 Å². The first kappa shape index (κ1) is 15.6. The van der Waals surface area contributed by atoms with E-state index in [0.29, 0.717) is 29.3 Å². The lowest BCUT2D eigenvalue weighted by Gasteiger charge is -2.11. The van der Waals surface area contributed by atoms with Gasteiger partial charge in [-0.05, 0) is 31.2 Å². The van der Waals surface area contributed by atoms with Crippen LogP contribution in [0.1, 0.15) is 12.5 Å². The Morgan fingerprint density at radius 2 is 1.95 bits per heavy atom. The zero-order valence-corrected chi connectivity index (χ0v) is 12.8. The van der Waals surface area contributed by atoms with Crippen LogP contribution in [0.3, 0.4) is 0 Å². The van der Waals surface area contributed by atoms with Crippen LogP contribution < -0.4 is 15.0 Å². The van der Waals surface area contributed by atoms with Crippen LogP contribution in [0.5, 0.6) is 11.5 Å². The molecular weight excluding hydrogens is 282 g/mol. The van der Waals surface area contributed by atoms with Crippen molar-refractivity contribution in [3.05, 3.63) is 40.2 Å². The number of methoxy groups -OCH3 is 2. The van der Waals surface area contributed by atoms with Crippen molar-refractivity contribution in [1.29, 1.82) is 5.26 Å². The Morgan fingerprint density at radius 3 is 2.55 bits per heavy atom. The van der Waals surface area contributed by atoms with Crippen molar-refractivity contribution in [2.75, 3.05) is 14.2 Å². The molecule has 0 saturated carbocycles. The predicted molar refractivity (Wildman–Crippen MR) is 82.0 cm³/mol. The van der Waals surface area contributed by atoms with Crippen molar-refractivity contribution in [2.45, 2.75) is 19.9 Å². The molecule has 6 heteroatoms. The summed E-state index contributed by atoms with van der Waals surface area (Å²) in [6.45, 7) is 2.28. The Balaban J connectivity index is 2.59. The Bertz CT molecular complexity index is 775. The Kier molecular flexibility index (Phi) is 4.79. The van der Waals surface area contributed by atoms with Gasteiger partial charge in [-0.3, -0.25) is 4.79 Å². The van der Waals surface area contributed by atoms with Crippen LogP contribution in [0, 0.1) is 11.3 Å². The molecule has 0 atom stereocenters. The number of rotatable bonds is 5. The average Bonchev–Trinajstić information content (AvgIpc) is 2.56. The van der Waals surface area contributed by atoms with Gasteiger partial charge >= 0.3 is 0 Å². The molecule has 0 spiro atoms. The zero-order chi connectivity index (χ0) is 16.1. The van der Waals surface area contributed by atoms with Gasteiger partial charge in [0.1, 0.15) is 0 Å². The van der Waals surface area contributed by atoms with Crippen LogP contribution in [0.2, 0.25) is 0 Å². The summed E-state index contributed by atoms with van der Waals surface area (Å²) < 4.78 is 11.9. The highest BCUT2D eigenvalue weighted by molar-refractivity contribution is 5.64. The minimum Gasteiger partial charge on any atom is -0.493 e. The summed E-state index contributed by atoms with van der Waals surface area (Å²) in [6.07, 6.45) is 0.0572. The predicted octanol–water partition coefficient (Wildman–Crippen LogP) is 2.01. The lowest BCUT2D eigenvalue weighted by molar-refractivity contribution is 0.355. The molecule has 0 bridgehead atoms. The number of nitrogens with zero attached hydrogens (tertiary/aromatic N) is 3. The molecule has 1 aromatic heterocycles. The number of ether oxygens (including phenoxy) is 2. The van der Waals surface area contributed by atoms with Crippen LogP contribution in [0.25, 0.3) is 11.3 Å². The second-order valence-corrected chi connectivity index (χ2v) is 4.58. The van der Waals surface area contributed by atoms with Crippen LogP contribution in [0.15, 0.2) is 29.1 Å². The highest BCUT2D eigenvalue weighted by Crippen LogP contribution is 2.31. The molecule has 1 aromatic carbocycles. The maximum Gasteiger partial charge on any atom is 0.271 e. The molecule has 0 aliphatic heterocycles. The second kappa shape index (κ2) is 6.76. The molecule has 22 heavy (non-hydrogen) atoms. The highest BCUT2D eigenvalue weighted by Gasteiger charge is 2.11. The SMILES string of the molecule is CCn1nc(-c2ccc(OC)c(OC)c2)cc(CC#N)c1=O. The van der Waals surface area contributed by atoms with Crippen molar-refractivity contribution in [1.82, 2.24) is 9.78 Å². The first-order valence-corrected chi connectivity index (χ1v) is 6.85. The van der Waals surface area contributed by atoms with Crippen LogP contribution in [-0.2, 0) is 13.0 Å². The summed E-state index contributed by atoms with van der Waals surface area (Å²) in [5.41, 5.74) is 1.61. The molecule has 0 aliphatic carbocycles. The van der Waals surface area contributed by atoms with E-state index in [1.165, 1.54) is 4.68 Å². The summed E-state index contributed by atoms with van der Waals surface area (Å²) in [6, 6.07) is 9.07. The van der Waals surface area contributed by atoms with E-state index in [2.05, 4.69) is 5.10 Å². The lowest BCUT2D eigenvalue weighted by atomic mass is 10.1. The van der Waals surface area contributed by atoms with E-state index in [1.807, 2.05) is 19.1 Å². The highest BCUT2D eigenvalue weighted by atomic mass is 16.5. The number of benzene rings is 1. The average molecular weight is 299 g/mol. The molecule has 0 fully saturated rings. The molecular formula is C16H17N3O3. The second-order valence-electron chi connectivity index (χ2n) is 4.58. The molecule has 6 nitrogen and oxygen atoms in total. The first-order chi connectivity index (χ1) is 10.6. The van der Waals surface area contributed by atoms with Crippen molar-refractivity contribution < 1.29 is 9.47 Å². The third kappa shape index (κ3) is 2.93. The van der Waals surface area contributed by atoms with E-state index in [1.54, 1.807) is 32.4 Å². The largest absolute Gasteiger partial charge is 0.493 e. The van der Waals surface area contributed by atoms with Gasteiger partial charge in [-0.2, -0.15) is 10.4 Å². The molecule has 0 radical (unpaired) electrons. The molecule has 0 aliphatic rings. The van der Waals surface area contributed by atoms with E-state index in [-0.39, 0.29) is 12.0 Å². The normalized spacial score (nSPS) is 10.1. The molecule has 2 rings (SSSR count). The number of hydrogen-bond donors (Lipinski definition) is 0. The Labute approximate surface area is 128 Å². The van der Waals surface area contributed by atoms with Gasteiger partial charge in [-0.1, -0.05) is 0 Å². The van der Waals surface area contributed by atoms with Crippen molar-refractivity contribution in [3.63, 3.8) is 0 Å². The molecule has 2 aromatic rings. The first-order valence-electron chi connectivity index (χ1n) is 6.85. The monoisotopic (exact) mass is 299 g/mol. The molecule has 1 heterocycles. The quantitative estimate of drug-likeness (QED) is 0.844. The molecule has 0 amide bonds. The van der Waals surface area contributed by atoms with Crippen molar-refractivity contribution >= 4 is 0 Å². The van der Waals surface area contributed by atoms with Gasteiger partial charge in [0.25, 0.3) is 5.56 Å². The Morgan fingerprint density at radius 1 is 1.23 bits per heavy atom. The fourth-order valence-corrected chi connectivity index (χ4v) is 2.16. The summed E-state index contributed by atoms with van der Waals surface area (Å²) >= 11 is 0. The molecule has 0 N–H and O–H groups in total. The van der Waals surface area contributed by atoms with Gasteiger partial charge in [0.05, 0.1) is 32.4 Å². The fourth-order valence-electron chi connectivity index (χ4n) is 2.16. The molecule has 114 valence electrons. The number of hydrogen-bond acceptors (Lipinski definition) is 5. The smallest absolute Gasteiger partial charge is 0.271 e. The summed E-state index contributed by atoms with van der Waals surface area (Å²) in [4.78, 5) is 12.1. The van der Waals surface area contributed by atoms with Gasteiger partial charge in [0, 0.05) is 17.7 Å². The van der Waals surface area contributed by atoms with E-state index >= 15 is 0 Å². The summed E-state index contributed by atoms with van der Waals surface area (Å²) in [5, 5.41) is 13.2. The van der Waals surface area contributed by atoms with Gasteiger partial charge in [0.2, 0.25) is 0 Å². The summed E-state index contributed by atoms with van der Waals surface area (Å²) in [7, 11) is 3.13. The van der Waals surface area contributed by atoms with E-state index in [0.717, 1.165) is 5.56 Å². The summed E-state index contributed by atoms with van der Waals surface area (Å²) in [5.74, 6) is 1.20.